The first-order valence-electron chi connectivity index (χ1n) is 4.32. The molecular formula is C10H13ClFNO. The van der Waals surface area contributed by atoms with Crippen LogP contribution in [-0.2, 0) is 4.79 Å². The fraction of sp³-hybridized carbons (Fsp3) is 0.300. The molecule has 78 valence electrons. The van der Waals surface area contributed by atoms with Crippen LogP contribution in [0.5, 0.6) is 0 Å². The largest absolute Gasteiger partial charge is 0.324 e. The monoisotopic (exact) mass is 217 g/mol. The van der Waals surface area contributed by atoms with Crippen molar-refractivity contribution in [3.63, 3.8) is 0 Å². The molecule has 0 fully saturated rings. The summed E-state index contributed by atoms with van der Waals surface area (Å²) in [5.74, 6) is -0.839. The number of rotatable bonds is 1. The van der Waals surface area contributed by atoms with Crippen molar-refractivity contribution in [3.8, 4) is 0 Å². The van der Waals surface area contributed by atoms with Gasteiger partial charge >= 0.3 is 0 Å². The van der Waals surface area contributed by atoms with Crippen LogP contribution in [0.3, 0.4) is 0 Å². The topological polar surface area (TPSA) is 29.1 Å². The summed E-state index contributed by atoms with van der Waals surface area (Å²) >= 11 is 5.50. The van der Waals surface area contributed by atoms with E-state index < -0.39 is 5.82 Å². The van der Waals surface area contributed by atoms with Crippen LogP contribution in [0, 0.1) is 5.82 Å². The fourth-order valence-corrected chi connectivity index (χ4v) is 0.939. The van der Waals surface area contributed by atoms with Crippen LogP contribution in [0.25, 0.3) is 0 Å². The second-order valence-electron chi connectivity index (χ2n) is 2.31. The second-order valence-corrected chi connectivity index (χ2v) is 2.74. The maximum atomic E-state index is 12.9. The van der Waals surface area contributed by atoms with E-state index in [2.05, 4.69) is 5.32 Å². The number of carbonyl (C=O) groups excluding carboxylic acids is 1. The van der Waals surface area contributed by atoms with Gasteiger partial charge in [-0.1, -0.05) is 25.4 Å². The molecule has 0 spiro atoms. The number of hydrogen-bond donors (Lipinski definition) is 1. The van der Waals surface area contributed by atoms with Crippen LogP contribution in [0.1, 0.15) is 20.8 Å². The average molecular weight is 218 g/mol. The van der Waals surface area contributed by atoms with E-state index in [0.29, 0.717) is 5.02 Å². The minimum Gasteiger partial charge on any atom is -0.324 e. The van der Waals surface area contributed by atoms with E-state index in [1.54, 1.807) is 0 Å². The van der Waals surface area contributed by atoms with Crippen LogP contribution in [0.2, 0.25) is 5.02 Å². The summed E-state index contributed by atoms with van der Waals surface area (Å²) in [7, 11) is 0. The molecule has 1 aromatic carbocycles. The van der Waals surface area contributed by atoms with Crippen molar-refractivity contribution < 1.29 is 9.18 Å². The molecule has 1 aromatic rings. The van der Waals surface area contributed by atoms with Crippen molar-refractivity contribution in [2.45, 2.75) is 20.8 Å². The summed E-state index contributed by atoms with van der Waals surface area (Å²) in [6.45, 7) is 5.31. The summed E-state index contributed by atoms with van der Waals surface area (Å²) < 4.78 is 12.9. The number of amides is 1. The van der Waals surface area contributed by atoms with Crippen LogP contribution in [-0.4, -0.2) is 5.91 Å². The minimum atomic E-state index is -0.530. The van der Waals surface area contributed by atoms with E-state index in [1.165, 1.54) is 19.1 Å². The smallest absolute Gasteiger partial charge is 0.221 e. The van der Waals surface area contributed by atoms with Gasteiger partial charge < -0.3 is 5.32 Å². The highest BCUT2D eigenvalue weighted by Gasteiger charge is 2.02. The quantitative estimate of drug-likeness (QED) is 0.767. The highest BCUT2D eigenvalue weighted by atomic mass is 35.5. The summed E-state index contributed by atoms with van der Waals surface area (Å²) in [5, 5.41) is 2.63. The van der Waals surface area contributed by atoms with Gasteiger partial charge in [-0.2, -0.15) is 0 Å². The van der Waals surface area contributed by atoms with E-state index in [1.807, 2.05) is 13.8 Å². The first-order valence-corrected chi connectivity index (χ1v) is 4.70. The van der Waals surface area contributed by atoms with Crippen LogP contribution in [0.4, 0.5) is 10.1 Å². The SMILES string of the molecule is CC.CC(=O)Nc1ccc(Cl)cc1F. The molecule has 0 atom stereocenters. The van der Waals surface area contributed by atoms with Crippen LogP contribution in [0.15, 0.2) is 18.2 Å². The van der Waals surface area contributed by atoms with E-state index in [-0.39, 0.29) is 11.6 Å². The predicted octanol–water partition coefficient (Wildman–Crippen LogP) is 3.46. The Balaban J connectivity index is 0.000000791. The van der Waals surface area contributed by atoms with Gasteiger partial charge in [-0.15, -0.1) is 0 Å². The Kier molecular flexibility index (Phi) is 5.88. The second kappa shape index (κ2) is 6.38. The van der Waals surface area contributed by atoms with Gasteiger partial charge in [0.25, 0.3) is 0 Å². The van der Waals surface area contributed by atoms with Gasteiger partial charge in [0.2, 0.25) is 5.91 Å². The number of hydrogen-bond acceptors (Lipinski definition) is 1. The lowest BCUT2D eigenvalue weighted by Gasteiger charge is -2.02. The van der Waals surface area contributed by atoms with E-state index in [4.69, 9.17) is 11.6 Å². The van der Waals surface area contributed by atoms with Gasteiger partial charge in [0.05, 0.1) is 5.69 Å². The highest BCUT2D eigenvalue weighted by Crippen LogP contribution is 2.18. The fourth-order valence-electron chi connectivity index (χ4n) is 0.780. The highest BCUT2D eigenvalue weighted by molar-refractivity contribution is 6.30. The molecule has 0 saturated heterocycles. The summed E-state index contributed by atoms with van der Waals surface area (Å²) in [6, 6.07) is 4.07. The van der Waals surface area contributed by atoms with E-state index >= 15 is 0 Å². The Morgan fingerprint density at radius 2 is 2.00 bits per heavy atom. The number of benzene rings is 1. The van der Waals surface area contributed by atoms with Gasteiger partial charge in [-0.3, -0.25) is 4.79 Å². The third kappa shape index (κ3) is 4.23. The number of halogens is 2. The van der Waals surface area contributed by atoms with Gasteiger partial charge in [-0.25, -0.2) is 4.39 Å². The third-order valence-corrected chi connectivity index (χ3v) is 1.48. The maximum absolute atomic E-state index is 12.9. The van der Waals surface area contributed by atoms with Crippen molar-refractivity contribution in [2.75, 3.05) is 5.32 Å². The molecule has 0 aliphatic heterocycles. The van der Waals surface area contributed by atoms with E-state index in [0.717, 1.165) is 6.07 Å². The zero-order valence-corrected chi connectivity index (χ0v) is 9.15. The molecule has 1 rings (SSSR count). The molecule has 4 heteroatoms. The molecule has 0 radical (unpaired) electrons. The zero-order chi connectivity index (χ0) is 11.1. The standard InChI is InChI=1S/C8H7ClFNO.C2H6/c1-5(12)11-8-3-2-6(9)4-7(8)10;1-2/h2-4H,1H3,(H,11,12);1-2H3. The molecule has 0 unspecified atom stereocenters. The zero-order valence-electron chi connectivity index (χ0n) is 8.40. The molecule has 0 saturated carbocycles. The van der Waals surface area contributed by atoms with Crippen molar-refractivity contribution in [1.29, 1.82) is 0 Å². The first kappa shape index (κ1) is 12.9. The van der Waals surface area contributed by atoms with Gasteiger partial charge in [0, 0.05) is 11.9 Å². The van der Waals surface area contributed by atoms with Crippen LogP contribution >= 0.6 is 11.6 Å². The molecule has 0 bridgehead atoms. The predicted molar refractivity (Wildman–Crippen MR) is 57.1 cm³/mol. The molecule has 14 heavy (non-hydrogen) atoms. The van der Waals surface area contributed by atoms with Gasteiger partial charge in [-0.05, 0) is 18.2 Å². The van der Waals surface area contributed by atoms with Gasteiger partial charge in [0.1, 0.15) is 5.82 Å². The van der Waals surface area contributed by atoms with Crippen molar-refractivity contribution >= 4 is 23.2 Å². The van der Waals surface area contributed by atoms with Crippen molar-refractivity contribution in [3.05, 3.63) is 29.0 Å². The molecule has 0 aliphatic carbocycles. The molecule has 1 amide bonds. The summed E-state index contributed by atoms with van der Waals surface area (Å²) in [4.78, 5) is 10.5. The Morgan fingerprint density at radius 1 is 1.43 bits per heavy atom. The van der Waals surface area contributed by atoms with Crippen molar-refractivity contribution in [2.24, 2.45) is 0 Å². The number of anilines is 1. The third-order valence-electron chi connectivity index (χ3n) is 1.24. The Morgan fingerprint density at radius 3 is 2.43 bits per heavy atom. The Bertz CT molecular complexity index is 315. The molecule has 0 aliphatic rings. The number of nitrogens with one attached hydrogen (secondary N) is 1. The first-order chi connectivity index (χ1) is 6.59. The molecule has 0 heterocycles. The summed E-state index contributed by atoms with van der Waals surface area (Å²) in [6.07, 6.45) is 0. The molecular weight excluding hydrogens is 205 g/mol. The molecule has 1 N–H and O–H groups in total. The Hall–Kier alpha value is -1.09. The summed E-state index contributed by atoms with van der Waals surface area (Å²) in [5.41, 5.74) is 0.145. The normalized spacial score (nSPS) is 8.64. The average Bonchev–Trinajstić information content (AvgIpc) is 2.13. The lowest BCUT2D eigenvalue weighted by Crippen LogP contribution is -2.07. The molecule has 0 aromatic heterocycles. The Labute approximate surface area is 88.1 Å². The maximum Gasteiger partial charge on any atom is 0.221 e. The minimum absolute atomic E-state index is 0.145. The van der Waals surface area contributed by atoms with E-state index in [9.17, 15) is 9.18 Å². The van der Waals surface area contributed by atoms with Crippen molar-refractivity contribution in [1.82, 2.24) is 0 Å². The van der Waals surface area contributed by atoms with Gasteiger partial charge in [0.15, 0.2) is 0 Å². The number of carbonyl (C=O) groups is 1. The molecule has 2 nitrogen and oxygen atoms in total. The lowest BCUT2D eigenvalue weighted by molar-refractivity contribution is -0.114. The van der Waals surface area contributed by atoms with Crippen LogP contribution < -0.4 is 5.32 Å². The lowest BCUT2D eigenvalue weighted by atomic mass is 10.3.